The van der Waals surface area contributed by atoms with Crippen LogP contribution in [0.1, 0.15) is 102 Å². The van der Waals surface area contributed by atoms with E-state index in [2.05, 4.69) is 59.2 Å². The number of carboxylic acids is 4. The van der Waals surface area contributed by atoms with Crippen molar-refractivity contribution in [3.63, 3.8) is 0 Å². The van der Waals surface area contributed by atoms with E-state index in [1.165, 1.54) is 22.3 Å². The first-order valence-corrected chi connectivity index (χ1v) is 45.7. The summed E-state index contributed by atoms with van der Waals surface area (Å²) in [5.74, 6) is 1.27. The van der Waals surface area contributed by atoms with Crippen molar-refractivity contribution >= 4 is 59.7 Å². The molecule has 4 aliphatic heterocycles. The molecular weight excluding hydrogens is 1720 g/mol. The minimum Gasteiger partial charge on any atom is -0.497 e. The summed E-state index contributed by atoms with van der Waals surface area (Å²) in [4.78, 5) is 98.0. The molecule has 712 valence electrons. The Bertz CT molecular complexity index is 4250. The summed E-state index contributed by atoms with van der Waals surface area (Å²) in [6, 6.07) is 63.5. The van der Waals surface area contributed by atoms with E-state index in [0.717, 1.165) is 198 Å². The number of esters is 4. The van der Waals surface area contributed by atoms with Crippen LogP contribution in [0.2, 0.25) is 0 Å². The summed E-state index contributed by atoms with van der Waals surface area (Å²) in [5, 5.41) is 45.0. The fourth-order valence-electron chi connectivity index (χ4n) is 14.7. The molecule has 4 heterocycles. The number of nitrogens with zero attached hydrogens (tertiary/aromatic N) is 4. The highest BCUT2D eigenvalue weighted by Crippen LogP contribution is 2.29. The molecular formula is C100H127N7O24S. The van der Waals surface area contributed by atoms with Crippen LogP contribution in [-0.2, 0) is 109 Å². The monoisotopic (exact) mass is 1840 g/mol. The molecule has 4 atom stereocenters. The Morgan fingerprint density at radius 1 is 0.318 bits per heavy atom. The van der Waals surface area contributed by atoms with Crippen LogP contribution in [-0.4, -0.2) is 264 Å². The van der Waals surface area contributed by atoms with E-state index in [1.54, 1.807) is 40.4 Å². The third kappa shape index (κ3) is 40.4. The van der Waals surface area contributed by atoms with E-state index in [9.17, 15) is 38.4 Å². The minimum atomic E-state index is -1.02. The number of carbonyl (C=O) groups excluding carboxylic acids is 4. The molecule has 4 aliphatic rings. The summed E-state index contributed by atoms with van der Waals surface area (Å²) < 4.78 is 70.1. The molecule has 4 saturated heterocycles. The molecule has 132 heavy (non-hydrogen) atoms. The van der Waals surface area contributed by atoms with Gasteiger partial charge in [-0.2, -0.15) is 0 Å². The average Bonchev–Trinajstić information content (AvgIpc) is 1.06. The Balaban J connectivity index is 0.000000198. The Labute approximate surface area is 777 Å². The normalized spacial score (nSPS) is 14.6. The molecule has 0 spiro atoms. The standard InChI is InChI=1S/3C25H32N2O6.C25H31NO6S/c3*1-31-21-7-4-5-19(15-21)9-10-20-6-2-3-8-23(20)32-17-22(16-27-14-13-26-18-27)33-25(30)12-11-24(28)29;1-30-21-8-4-6-19(16-21)10-11-20-7-2-3-9-23(20)31-18-22(17-26-14-5-15-33-26)32-25(29)13-12-24(27)28/h3*2-8,15,22,26H,9-14,16-18H2,1H3,(H,28,29);2-4,6-9,16,22H,5,10-15,17-18H2,1H3,(H,27,28). The van der Waals surface area contributed by atoms with Crippen LogP contribution < -0.4 is 53.8 Å². The number of nitrogens with one attached hydrogen (secondary N) is 3. The number of aryl methyl sites for hydroxylation is 8. The van der Waals surface area contributed by atoms with Gasteiger partial charge in [0.25, 0.3) is 0 Å². The molecule has 0 saturated carbocycles. The topological polar surface area (TPSA) is 377 Å². The van der Waals surface area contributed by atoms with E-state index in [4.69, 9.17) is 77.3 Å². The third-order valence-corrected chi connectivity index (χ3v) is 22.8. The predicted octanol–water partition coefficient (Wildman–Crippen LogP) is 11.5. The lowest BCUT2D eigenvalue weighted by molar-refractivity contribution is -0.154. The lowest BCUT2D eigenvalue weighted by Gasteiger charge is -2.24. The predicted molar refractivity (Wildman–Crippen MR) is 498 cm³/mol. The highest BCUT2D eigenvalue weighted by molar-refractivity contribution is 7.97. The van der Waals surface area contributed by atoms with Crippen molar-refractivity contribution < 1.29 is 116 Å². The highest BCUT2D eigenvalue weighted by atomic mass is 32.2. The molecule has 0 radical (unpaired) electrons. The number of hydrogen-bond donors (Lipinski definition) is 7. The molecule has 31 nitrogen and oxygen atoms in total. The maximum atomic E-state index is 12.1. The van der Waals surface area contributed by atoms with Gasteiger partial charge in [-0.15, -0.1) is 0 Å². The summed E-state index contributed by atoms with van der Waals surface area (Å²) in [5.41, 5.74) is 8.99. The lowest BCUT2D eigenvalue weighted by Crippen LogP contribution is -2.38. The van der Waals surface area contributed by atoms with Crippen molar-refractivity contribution in [2.45, 2.75) is 134 Å². The molecule has 7 N–H and O–H groups in total. The minimum absolute atomic E-state index is 0.143. The highest BCUT2D eigenvalue weighted by Gasteiger charge is 2.28. The molecule has 0 bridgehead atoms. The maximum Gasteiger partial charge on any atom is 0.306 e. The Hall–Kier alpha value is -12.0. The van der Waals surface area contributed by atoms with Gasteiger partial charge >= 0.3 is 47.8 Å². The van der Waals surface area contributed by atoms with Crippen molar-refractivity contribution in [1.82, 2.24) is 35.0 Å². The maximum absolute atomic E-state index is 12.1. The molecule has 12 rings (SSSR count). The van der Waals surface area contributed by atoms with Gasteiger partial charge in [-0.3, -0.25) is 53.1 Å². The van der Waals surface area contributed by atoms with Crippen molar-refractivity contribution in [2.75, 3.05) is 153 Å². The first-order valence-electron chi connectivity index (χ1n) is 44.8. The average molecular weight is 1840 g/mol. The van der Waals surface area contributed by atoms with Crippen molar-refractivity contribution in [2.24, 2.45) is 0 Å². The van der Waals surface area contributed by atoms with Crippen LogP contribution in [0.4, 0.5) is 0 Å². The van der Waals surface area contributed by atoms with Crippen molar-refractivity contribution in [3.8, 4) is 46.0 Å². The SMILES string of the molecule is COc1cccc(CCc2ccccc2OCC(CN2CCCS2)OC(=O)CCC(=O)O)c1.COc1cccc(CCc2ccccc2OCC(CN2CCNC2)OC(=O)CCC(=O)O)c1.COc1cccc(CCc2ccccc2OCC(CN2CCNC2)OC(=O)CCC(=O)O)c1.COc1cccc(CCc2ccccc2OCC(CN2CCNC2)OC(=O)CCC(=O)O)c1. The molecule has 8 aromatic rings. The van der Waals surface area contributed by atoms with Crippen LogP contribution >= 0.6 is 11.9 Å². The third-order valence-electron chi connectivity index (χ3n) is 21.7. The quantitative estimate of drug-likeness (QED) is 0.0106. The number of aliphatic carboxylic acids is 4. The number of rotatable bonds is 52. The second-order valence-corrected chi connectivity index (χ2v) is 33.1. The Morgan fingerprint density at radius 2 is 0.576 bits per heavy atom. The van der Waals surface area contributed by atoms with Crippen LogP contribution in [0, 0.1) is 0 Å². The van der Waals surface area contributed by atoms with E-state index < -0.39 is 72.2 Å². The number of ether oxygens (including phenoxy) is 12. The van der Waals surface area contributed by atoms with Crippen LogP contribution in [0.25, 0.3) is 0 Å². The Morgan fingerprint density at radius 3 is 0.803 bits per heavy atom. The number of benzene rings is 8. The van der Waals surface area contributed by atoms with Gasteiger partial charge in [-0.05, 0) is 175 Å². The zero-order valence-electron chi connectivity index (χ0n) is 75.9. The molecule has 32 heteroatoms. The summed E-state index contributed by atoms with van der Waals surface area (Å²) in [6.45, 7) is 11.3. The molecule has 4 fully saturated rings. The van der Waals surface area contributed by atoms with Crippen LogP contribution in [0.15, 0.2) is 194 Å². The van der Waals surface area contributed by atoms with Crippen LogP contribution in [0.5, 0.6) is 46.0 Å². The number of methoxy groups -OCH3 is 4. The molecule has 0 amide bonds. The largest absolute Gasteiger partial charge is 0.497 e. The zero-order valence-corrected chi connectivity index (χ0v) is 76.7. The molecule has 0 aromatic heterocycles. The first-order chi connectivity index (χ1) is 64.1. The zero-order chi connectivity index (χ0) is 93.9. The van der Waals surface area contributed by atoms with E-state index >= 15 is 0 Å². The van der Waals surface area contributed by atoms with Gasteiger partial charge in [0.1, 0.15) is 96.8 Å². The van der Waals surface area contributed by atoms with Gasteiger partial charge in [-0.25, -0.2) is 4.31 Å². The van der Waals surface area contributed by atoms with Crippen molar-refractivity contribution in [3.05, 3.63) is 239 Å². The van der Waals surface area contributed by atoms with E-state index in [-0.39, 0.29) is 77.8 Å². The summed E-state index contributed by atoms with van der Waals surface area (Å²) >= 11 is 1.73. The van der Waals surface area contributed by atoms with Gasteiger partial charge < -0.3 is 93.2 Å². The van der Waals surface area contributed by atoms with Crippen LogP contribution in [0.3, 0.4) is 0 Å². The van der Waals surface area contributed by atoms with E-state index in [1.807, 2.05) is 170 Å². The molecule has 0 aliphatic carbocycles. The first kappa shape index (κ1) is 104. The summed E-state index contributed by atoms with van der Waals surface area (Å²) in [7, 11) is 6.63. The van der Waals surface area contributed by atoms with Crippen molar-refractivity contribution in [1.29, 1.82) is 0 Å². The number of hydrogen-bond acceptors (Lipinski definition) is 28. The van der Waals surface area contributed by atoms with Gasteiger partial charge in [-0.1, -0.05) is 133 Å². The fraction of sp³-hybridized carbons (Fsp3) is 0.440. The van der Waals surface area contributed by atoms with Gasteiger partial charge in [0.05, 0.1) is 79.8 Å². The summed E-state index contributed by atoms with van der Waals surface area (Å²) in [6.07, 6.45) is 4.13. The van der Waals surface area contributed by atoms with Gasteiger partial charge in [0, 0.05) is 97.8 Å². The van der Waals surface area contributed by atoms with Gasteiger partial charge in [0.15, 0.2) is 0 Å². The number of carbonyl (C=O) groups is 8. The molecule has 8 aromatic carbocycles. The smallest absolute Gasteiger partial charge is 0.306 e. The lowest BCUT2D eigenvalue weighted by atomic mass is 10.0. The fourth-order valence-corrected chi connectivity index (χ4v) is 15.8. The Kier molecular flexibility index (Phi) is 46.1. The van der Waals surface area contributed by atoms with Gasteiger partial charge in [0.2, 0.25) is 0 Å². The molecule has 4 unspecified atom stereocenters. The number of carboxylic acid groups (broad SMARTS) is 4. The second kappa shape index (κ2) is 58.7. The number of para-hydroxylation sites is 4. The second-order valence-electron chi connectivity index (χ2n) is 31.9. The van der Waals surface area contributed by atoms with E-state index in [0.29, 0.717) is 26.2 Å².